The Kier molecular flexibility index (Phi) is 6.49. The van der Waals surface area contributed by atoms with E-state index in [0.29, 0.717) is 18.2 Å². The van der Waals surface area contributed by atoms with Gasteiger partial charge < -0.3 is 5.32 Å². The van der Waals surface area contributed by atoms with Crippen LogP contribution < -0.4 is 9.62 Å². The van der Waals surface area contributed by atoms with Crippen LogP contribution in [0.1, 0.15) is 50.2 Å². The van der Waals surface area contributed by atoms with Crippen LogP contribution in [0.15, 0.2) is 18.2 Å². The van der Waals surface area contributed by atoms with Gasteiger partial charge in [-0.05, 0) is 62.8 Å². The zero-order valence-electron chi connectivity index (χ0n) is 15.7. The molecule has 0 radical (unpaired) electrons. The Morgan fingerprint density at radius 3 is 2.24 bits per heavy atom. The molecule has 0 aliphatic heterocycles. The summed E-state index contributed by atoms with van der Waals surface area (Å²) in [4.78, 5) is 12.6. The lowest BCUT2D eigenvalue weighted by atomic mass is 9.89. The Morgan fingerprint density at radius 2 is 1.72 bits per heavy atom. The Balaban J connectivity index is 2.15. The van der Waals surface area contributed by atoms with Crippen molar-refractivity contribution in [3.63, 3.8) is 0 Å². The molecular formula is C19H30N2O3S. The Morgan fingerprint density at radius 1 is 1.16 bits per heavy atom. The normalized spacial score (nSPS) is 17.1. The second-order valence-electron chi connectivity index (χ2n) is 7.33. The molecule has 1 aliphatic carbocycles. The molecule has 0 spiro atoms. The minimum absolute atomic E-state index is 0.241. The van der Waals surface area contributed by atoms with Crippen LogP contribution >= 0.6 is 0 Å². The van der Waals surface area contributed by atoms with E-state index >= 15 is 0 Å². The van der Waals surface area contributed by atoms with E-state index in [4.69, 9.17) is 0 Å². The topological polar surface area (TPSA) is 66.5 Å². The molecule has 1 aromatic carbocycles. The van der Waals surface area contributed by atoms with Gasteiger partial charge in [0.1, 0.15) is 6.04 Å². The van der Waals surface area contributed by atoms with Gasteiger partial charge in [0, 0.05) is 6.54 Å². The van der Waals surface area contributed by atoms with Crippen LogP contribution in [-0.4, -0.2) is 33.2 Å². The predicted molar refractivity (Wildman–Crippen MR) is 102 cm³/mol. The Bertz CT molecular complexity index is 689. The molecule has 0 heterocycles. The number of nitrogens with one attached hydrogen (secondary N) is 1. The first kappa shape index (κ1) is 19.8. The maximum absolute atomic E-state index is 12.6. The van der Waals surface area contributed by atoms with E-state index in [2.05, 4.69) is 5.32 Å². The highest BCUT2D eigenvalue weighted by atomic mass is 32.2. The van der Waals surface area contributed by atoms with Crippen molar-refractivity contribution in [3.8, 4) is 0 Å². The SMILES string of the molecule is Cc1cc(C)cc(N([C@@H](C)C(=O)NCC2CCCCC2)S(C)(=O)=O)c1. The van der Waals surface area contributed by atoms with Crippen molar-refractivity contribution in [1.29, 1.82) is 0 Å². The maximum atomic E-state index is 12.6. The van der Waals surface area contributed by atoms with Gasteiger partial charge in [-0.15, -0.1) is 0 Å². The molecule has 0 unspecified atom stereocenters. The van der Waals surface area contributed by atoms with Crippen LogP contribution in [0.25, 0.3) is 0 Å². The standard InChI is InChI=1S/C19H30N2O3S/c1-14-10-15(2)12-18(11-14)21(25(4,23)24)16(3)19(22)20-13-17-8-6-5-7-9-17/h10-12,16-17H,5-9,13H2,1-4H3,(H,20,22)/t16-/m0/s1. The number of amides is 1. The van der Waals surface area contributed by atoms with Gasteiger partial charge in [-0.3, -0.25) is 9.10 Å². The first-order valence-electron chi connectivity index (χ1n) is 9.04. The monoisotopic (exact) mass is 366 g/mol. The number of benzene rings is 1. The van der Waals surface area contributed by atoms with Gasteiger partial charge in [0.05, 0.1) is 11.9 Å². The molecule has 1 amide bonds. The molecule has 25 heavy (non-hydrogen) atoms. The Hall–Kier alpha value is -1.56. The molecule has 0 bridgehead atoms. The van der Waals surface area contributed by atoms with Crippen LogP contribution in [0.4, 0.5) is 5.69 Å². The first-order valence-corrected chi connectivity index (χ1v) is 10.9. The third kappa shape index (κ3) is 5.46. The summed E-state index contributed by atoms with van der Waals surface area (Å²) in [6.07, 6.45) is 7.14. The highest BCUT2D eigenvalue weighted by molar-refractivity contribution is 7.92. The number of sulfonamides is 1. The quantitative estimate of drug-likeness (QED) is 0.841. The van der Waals surface area contributed by atoms with E-state index in [0.717, 1.165) is 30.2 Å². The summed E-state index contributed by atoms with van der Waals surface area (Å²) in [5.74, 6) is 0.271. The van der Waals surface area contributed by atoms with E-state index in [1.165, 1.54) is 23.6 Å². The van der Waals surface area contributed by atoms with E-state index < -0.39 is 16.1 Å². The van der Waals surface area contributed by atoms with Crippen LogP contribution in [0.3, 0.4) is 0 Å². The summed E-state index contributed by atoms with van der Waals surface area (Å²) in [6, 6.07) is 4.81. The number of anilines is 1. The third-order valence-electron chi connectivity index (χ3n) is 4.84. The van der Waals surface area contributed by atoms with E-state index in [-0.39, 0.29) is 5.91 Å². The van der Waals surface area contributed by atoms with Gasteiger partial charge in [0.15, 0.2) is 0 Å². The van der Waals surface area contributed by atoms with Crippen LogP contribution in [0.2, 0.25) is 0 Å². The molecule has 140 valence electrons. The van der Waals surface area contributed by atoms with E-state index in [1.54, 1.807) is 19.1 Å². The number of carbonyl (C=O) groups is 1. The fraction of sp³-hybridized carbons (Fsp3) is 0.632. The minimum Gasteiger partial charge on any atom is -0.354 e. The number of hydrogen-bond donors (Lipinski definition) is 1. The molecule has 0 aromatic heterocycles. The molecule has 1 N–H and O–H groups in total. The lowest BCUT2D eigenvalue weighted by Gasteiger charge is -2.30. The second-order valence-corrected chi connectivity index (χ2v) is 9.19. The lowest BCUT2D eigenvalue weighted by molar-refractivity contribution is -0.122. The van der Waals surface area contributed by atoms with Crippen LogP contribution in [0.5, 0.6) is 0 Å². The number of rotatable bonds is 6. The lowest BCUT2D eigenvalue weighted by Crippen LogP contribution is -2.48. The maximum Gasteiger partial charge on any atom is 0.243 e. The molecule has 2 rings (SSSR count). The van der Waals surface area contributed by atoms with E-state index in [1.807, 2.05) is 19.9 Å². The Labute approximate surface area is 151 Å². The predicted octanol–water partition coefficient (Wildman–Crippen LogP) is 3.15. The van der Waals surface area contributed by atoms with Gasteiger partial charge >= 0.3 is 0 Å². The summed E-state index contributed by atoms with van der Waals surface area (Å²) in [5, 5.41) is 2.96. The second kappa shape index (κ2) is 8.21. The van der Waals surface area contributed by atoms with Crippen molar-refractivity contribution in [3.05, 3.63) is 29.3 Å². The molecule has 1 atom stereocenters. The van der Waals surface area contributed by atoms with Crippen molar-refractivity contribution >= 4 is 21.6 Å². The average molecular weight is 367 g/mol. The molecule has 1 aromatic rings. The highest BCUT2D eigenvalue weighted by Gasteiger charge is 2.29. The van der Waals surface area contributed by atoms with Gasteiger partial charge in [0.25, 0.3) is 0 Å². The fourth-order valence-electron chi connectivity index (χ4n) is 3.67. The summed E-state index contributed by atoms with van der Waals surface area (Å²) in [5.41, 5.74) is 2.48. The summed E-state index contributed by atoms with van der Waals surface area (Å²) < 4.78 is 25.9. The van der Waals surface area contributed by atoms with Crippen LogP contribution in [0, 0.1) is 19.8 Å². The molecule has 1 aliphatic rings. The van der Waals surface area contributed by atoms with Gasteiger partial charge in [-0.1, -0.05) is 25.3 Å². The first-order chi connectivity index (χ1) is 11.7. The van der Waals surface area contributed by atoms with Crippen LogP contribution in [-0.2, 0) is 14.8 Å². The van der Waals surface area contributed by atoms with Crippen molar-refractivity contribution in [2.24, 2.45) is 5.92 Å². The fourth-order valence-corrected chi connectivity index (χ4v) is 4.83. The number of hydrogen-bond acceptors (Lipinski definition) is 3. The number of aryl methyl sites for hydroxylation is 2. The summed E-state index contributed by atoms with van der Waals surface area (Å²) in [6.45, 7) is 6.12. The smallest absolute Gasteiger partial charge is 0.243 e. The van der Waals surface area contributed by atoms with Gasteiger partial charge in [0.2, 0.25) is 15.9 Å². The van der Waals surface area contributed by atoms with Gasteiger partial charge in [-0.2, -0.15) is 0 Å². The van der Waals surface area contributed by atoms with E-state index in [9.17, 15) is 13.2 Å². The van der Waals surface area contributed by atoms with Crippen molar-refractivity contribution in [2.75, 3.05) is 17.1 Å². The molecule has 6 heteroatoms. The molecular weight excluding hydrogens is 336 g/mol. The van der Waals surface area contributed by atoms with Crippen molar-refractivity contribution < 1.29 is 13.2 Å². The zero-order chi connectivity index (χ0) is 18.6. The third-order valence-corrected chi connectivity index (χ3v) is 6.08. The molecule has 0 saturated heterocycles. The number of carbonyl (C=O) groups excluding carboxylic acids is 1. The largest absolute Gasteiger partial charge is 0.354 e. The summed E-state index contributed by atoms with van der Waals surface area (Å²) >= 11 is 0. The molecule has 5 nitrogen and oxygen atoms in total. The highest BCUT2D eigenvalue weighted by Crippen LogP contribution is 2.25. The van der Waals surface area contributed by atoms with Crippen molar-refractivity contribution in [2.45, 2.75) is 58.9 Å². The molecule has 1 fully saturated rings. The number of nitrogens with zero attached hydrogens (tertiary/aromatic N) is 1. The van der Waals surface area contributed by atoms with Crippen molar-refractivity contribution in [1.82, 2.24) is 5.32 Å². The van der Waals surface area contributed by atoms with Gasteiger partial charge in [-0.25, -0.2) is 8.42 Å². The average Bonchev–Trinajstić information content (AvgIpc) is 2.51. The molecule has 1 saturated carbocycles. The summed E-state index contributed by atoms with van der Waals surface area (Å²) in [7, 11) is -3.57. The zero-order valence-corrected chi connectivity index (χ0v) is 16.5. The minimum atomic E-state index is -3.57.